The molecule has 0 aromatic heterocycles. The quantitative estimate of drug-likeness (QED) is 0.0733. The Morgan fingerprint density at radius 1 is 0.975 bits per heavy atom. The highest BCUT2D eigenvalue weighted by molar-refractivity contribution is 6.15. The Hall–Kier alpha value is -2.62. The van der Waals surface area contributed by atoms with Gasteiger partial charge in [-0.3, -0.25) is 4.99 Å². The average Bonchev–Trinajstić information content (AvgIpc) is 2.99. The Morgan fingerprint density at radius 2 is 1.60 bits per heavy atom. The van der Waals surface area contributed by atoms with E-state index >= 15 is 0 Å². The van der Waals surface area contributed by atoms with E-state index in [0.29, 0.717) is 12.0 Å². The van der Waals surface area contributed by atoms with Crippen molar-refractivity contribution in [2.75, 3.05) is 7.11 Å². The summed E-state index contributed by atoms with van der Waals surface area (Å²) < 4.78 is 0. The van der Waals surface area contributed by atoms with Gasteiger partial charge >= 0.3 is 0 Å². The molecule has 4 heteroatoms. The normalized spacial score (nSPS) is 16.1. The molecule has 0 amide bonds. The van der Waals surface area contributed by atoms with E-state index in [1.807, 2.05) is 30.4 Å². The van der Waals surface area contributed by atoms with Gasteiger partial charge in [-0.1, -0.05) is 153 Å². The summed E-state index contributed by atoms with van der Waals surface area (Å²) in [7, 11) is 1.59. The highest BCUT2D eigenvalue weighted by Gasteiger charge is 2.20. The van der Waals surface area contributed by atoms with Crippen LogP contribution in [0.1, 0.15) is 130 Å². The number of unbranched alkanes of at least 4 members (excludes halogenated alkanes) is 6. The monoisotopic (exact) mass is 549 g/mol. The van der Waals surface area contributed by atoms with Crippen LogP contribution in [0.2, 0.25) is 0 Å². The number of hydrogen-bond donors (Lipinski definition) is 1. The van der Waals surface area contributed by atoms with Crippen molar-refractivity contribution >= 4 is 11.5 Å². The van der Waals surface area contributed by atoms with Crippen LogP contribution in [0.25, 0.3) is 0 Å². The molecule has 0 heterocycles. The molecule has 4 nitrogen and oxygen atoms in total. The molecule has 2 rings (SSSR count). The van der Waals surface area contributed by atoms with Gasteiger partial charge in [-0.15, -0.1) is 0 Å². The van der Waals surface area contributed by atoms with E-state index in [9.17, 15) is 0 Å². The minimum absolute atomic E-state index is 0.345. The first-order valence-corrected chi connectivity index (χ1v) is 16.1. The van der Waals surface area contributed by atoms with Crippen molar-refractivity contribution in [2.45, 2.75) is 131 Å². The van der Waals surface area contributed by atoms with Crippen molar-refractivity contribution in [2.24, 2.45) is 16.1 Å². The molecule has 1 unspecified atom stereocenters. The third-order valence-electron chi connectivity index (χ3n) is 7.41. The van der Waals surface area contributed by atoms with Crippen molar-refractivity contribution in [1.29, 1.82) is 0 Å². The fourth-order valence-electron chi connectivity index (χ4n) is 4.85. The summed E-state index contributed by atoms with van der Waals surface area (Å²) in [6.45, 7) is 15.1. The lowest BCUT2D eigenvalue weighted by molar-refractivity contribution is 0.214. The van der Waals surface area contributed by atoms with E-state index in [4.69, 9.17) is 9.83 Å². The second kappa shape index (κ2) is 23.1. The van der Waals surface area contributed by atoms with Crippen LogP contribution < -0.4 is 5.32 Å². The summed E-state index contributed by atoms with van der Waals surface area (Å²) in [5.41, 5.74) is 3.75. The van der Waals surface area contributed by atoms with Crippen LogP contribution >= 0.6 is 0 Å². The lowest BCUT2D eigenvalue weighted by Crippen LogP contribution is -2.33. The Balaban J connectivity index is 0.000000763. The van der Waals surface area contributed by atoms with Gasteiger partial charge in [0.05, 0.1) is 6.04 Å². The molecule has 1 fully saturated rings. The zero-order chi connectivity index (χ0) is 29.4. The Morgan fingerprint density at radius 3 is 2.12 bits per heavy atom. The largest absolute Gasteiger partial charge is 0.399 e. The van der Waals surface area contributed by atoms with Crippen LogP contribution in [0, 0.1) is 5.92 Å². The summed E-state index contributed by atoms with van der Waals surface area (Å²) in [6, 6.07) is 10.6. The van der Waals surface area contributed by atoms with Gasteiger partial charge in [0.1, 0.15) is 18.7 Å². The first-order valence-electron chi connectivity index (χ1n) is 16.1. The van der Waals surface area contributed by atoms with Gasteiger partial charge in [-0.05, 0) is 31.8 Å². The van der Waals surface area contributed by atoms with Gasteiger partial charge in [0, 0.05) is 22.8 Å². The summed E-state index contributed by atoms with van der Waals surface area (Å²) in [4.78, 5) is 10.4. The fourth-order valence-corrected chi connectivity index (χ4v) is 4.85. The fraction of sp³-hybridized carbons (Fsp3) is 0.611. The van der Waals surface area contributed by atoms with E-state index in [2.05, 4.69) is 69.9 Å². The minimum atomic E-state index is 0.345. The van der Waals surface area contributed by atoms with Gasteiger partial charge in [-0.25, -0.2) is 0 Å². The Bertz CT molecular complexity index is 901. The molecule has 1 aliphatic carbocycles. The molecule has 1 aliphatic rings. The number of nitrogens with zero attached hydrogens (tertiary/aromatic N) is 2. The van der Waals surface area contributed by atoms with Gasteiger partial charge in [0.2, 0.25) is 0 Å². The van der Waals surface area contributed by atoms with Crippen molar-refractivity contribution in [3.63, 3.8) is 0 Å². The number of rotatable bonds is 16. The first-order chi connectivity index (χ1) is 19.6. The Labute approximate surface area is 247 Å². The van der Waals surface area contributed by atoms with Crippen LogP contribution in [0.15, 0.2) is 76.6 Å². The molecular formula is C36H59N3O. The SMILES string of the molecule is C=C/C=C(NC(=NC1CCCCC1)C(C)CC)/C(=C\CC)C(=N\OC)/c1ccccc1.CCCCCCCCC. The average molecular weight is 550 g/mol. The second-order valence-corrected chi connectivity index (χ2v) is 10.8. The number of benzene rings is 1. The zero-order valence-electron chi connectivity index (χ0n) is 26.7. The molecule has 0 aliphatic heterocycles. The lowest BCUT2D eigenvalue weighted by atomic mass is 9.95. The smallest absolute Gasteiger partial charge is 0.119 e. The maximum Gasteiger partial charge on any atom is 0.119 e. The summed E-state index contributed by atoms with van der Waals surface area (Å²) in [5, 5.41) is 8.08. The maximum atomic E-state index is 5.25. The number of nitrogens with one attached hydrogen (secondary N) is 1. The summed E-state index contributed by atoms with van der Waals surface area (Å²) in [5.74, 6) is 1.40. The van der Waals surface area contributed by atoms with Gasteiger partial charge in [0.25, 0.3) is 0 Å². The third kappa shape index (κ3) is 14.1. The number of aliphatic imine (C=N–C) groups is 1. The molecule has 1 aromatic rings. The molecule has 1 atom stereocenters. The molecule has 224 valence electrons. The molecule has 0 saturated heterocycles. The van der Waals surface area contributed by atoms with Crippen molar-refractivity contribution in [3.8, 4) is 0 Å². The van der Waals surface area contributed by atoms with Crippen LogP contribution in [-0.4, -0.2) is 24.7 Å². The number of allylic oxidation sites excluding steroid dienone is 4. The number of amidine groups is 1. The van der Waals surface area contributed by atoms with Crippen LogP contribution in [0.3, 0.4) is 0 Å². The number of oxime groups is 1. The molecule has 1 saturated carbocycles. The van der Waals surface area contributed by atoms with Crippen molar-refractivity contribution in [1.82, 2.24) is 5.32 Å². The maximum absolute atomic E-state index is 5.25. The summed E-state index contributed by atoms with van der Waals surface area (Å²) in [6.07, 6.45) is 24.1. The third-order valence-corrected chi connectivity index (χ3v) is 7.41. The van der Waals surface area contributed by atoms with E-state index < -0.39 is 0 Å². The zero-order valence-corrected chi connectivity index (χ0v) is 26.7. The minimum Gasteiger partial charge on any atom is -0.399 e. The van der Waals surface area contributed by atoms with Crippen LogP contribution in [-0.2, 0) is 4.84 Å². The predicted molar refractivity (Wildman–Crippen MR) is 177 cm³/mol. The van der Waals surface area contributed by atoms with Crippen LogP contribution in [0.4, 0.5) is 0 Å². The van der Waals surface area contributed by atoms with E-state index in [0.717, 1.165) is 41.2 Å². The number of hydrogen-bond acceptors (Lipinski definition) is 3. The molecular weight excluding hydrogens is 490 g/mol. The van der Waals surface area contributed by atoms with Crippen LogP contribution in [0.5, 0.6) is 0 Å². The molecule has 0 radical (unpaired) electrons. The van der Waals surface area contributed by atoms with E-state index in [1.165, 1.54) is 77.0 Å². The Kier molecular flexibility index (Phi) is 20.5. The van der Waals surface area contributed by atoms with Gasteiger partial charge < -0.3 is 10.2 Å². The van der Waals surface area contributed by atoms with E-state index in [-0.39, 0.29) is 0 Å². The van der Waals surface area contributed by atoms with Crippen molar-refractivity contribution < 1.29 is 4.84 Å². The van der Waals surface area contributed by atoms with Gasteiger partial charge in [-0.2, -0.15) is 0 Å². The highest BCUT2D eigenvalue weighted by Crippen LogP contribution is 2.23. The second-order valence-electron chi connectivity index (χ2n) is 10.8. The van der Waals surface area contributed by atoms with Crippen molar-refractivity contribution in [3.05, 3.63) is 72.0 Å². The lowest BCUT2D eigenvalue weighted by Gasteiger charge is -2.24. The standard InChI is InChI=1S/C27H39N3O.C9H20/c1-6-15-24(26(30-31-5)22-17-11-9-12-18-22)25(16-7-2)29-27(21(4)8-3)28-23-19-13-10-14-20-23;1-3-5-7-9-8-6-4-2/h7,9,11-12,15-18,21,23H,2,6,8,10,13-14,19-20H2,1,3-5H3,(H,28,29);3-9H2,1-2H3/b24-15+,25-16-,30-26-;. The van der Waals surface area contributed by atoms with E-state index in [1.54, 1.807) is 7.11 Å². The molecule has 1 aromatic carbocycles. The first kappa shape index (κ1) is 35.4. The van der Waals surface area contributed by atoms with Gasteiger partial charge in [0.15, 0.2) is 0 Å². The predicted octanol–water partition coefficient (Wildman–Crippen LogP) is 10.6. The highest BCUT2D eigenvalue weighted by atomic mass is 16.6. The molecule has 1 N–H and O–H groups in total. The topological polar surface area (TPSA) is 46.0 Å². The molecule has 0 bridgehead atoms. The molecule has 40 heavy (non-hydrogen) atoms. The summed E-state index contributed by atoms with van der Waals surface area (Å²) >= 11 is 0. The molecule has 0 spiro atoms.